The van der Waals surface area contributed by atoms with Gasteiger partial charge >= 0.3 is 11.8 Å². The van der Waals surface area contributed by atoms with Crippen LogP contribution in [0.5, 0.6) is 17.2 Å². The van der Waals surface area contributed by atoms with Gasteiger partial charge in [0.15, 0.2) is 5.75 Å². The summed E-state index contributed by atoms with van der Waals surface area (Å²) in [5.74, 6) is -6.69. The largest absolute Gasteiger partial charge is 0.507 e. The molecule has 6 aliphatic heterocycles. The van der Waals surface area contributed by atoms with Gasteiger partial charge in [0, 0.05) is 118 Å². The Morgan fingerprint density at radius 2 is 1.66 bits per heavy atom. The third-order valence-electron chi connectivity index (χ3n) is 15.3. The highest BCUT2D eigenvalue weighted by Crippen LogP contribution is 2.51. The monoisotopic (exact) mass is 1010 g/mol. The van der Waals surface area contributed by atoms with Crippen molar-refractivity contribution in [3.05, 3.63) is 82.5 Å². The van der Waals surface area contributed by atoms with Gasteiger partial charge in [-0.15, -0.1) is 0 Å². The number of aliphatic hydroxyl groups excluding tert-OH is 2. The summed E-state index contributed by atoms with van der Waals surface area (Å²) in [6, 6.07) is 3.84. The number of ether oxygens (including phenoxy) is 3. The van der Waals surface area contributed by atoms with Crippen molar-refractivity contribution in [2.75, 3.05) is 56.0 Å². The number of rotatable bonds is 6. The van der Waals surface area contributed by atoms with Crippen molar-refractivity contribution in [3.8, 4) is 17.2 Å². The summed E-state index contributed by atoms with van der Waals surface area (Å²) in [5.41, 5.74) is 0.866. The van der Waals surface area contributed by atoms with Crippen molar-refractivity contribution in [3.63, 3.8) is 0 Å². The summed E-state index contributed by atoms with van der Waals surface area (Å²) in [5, 5.41) is 51.1. The molecule has 0 aliphatic carbocycles. The van der Waals surface area contributed by atoms with Crippen LogP contribution in [0, 0.1) is 30.6 Å². The standard InChI is InChI=1S/C55H71N7O11/c1-31(2)30-60-24-18-55(19-25-60)58-44-41-42-49(67)36(7)51-43(41)52(69)54(8,73-51)71-28-10-9-15-38(72-40(64)29-39(63)62-23-12-22-61(26-27-62)37-16-20-56-21-17-37)34(5)48(66)35(6)47(65)32(3)13-11-14-33(4)53(70)57-46(50(42)68)45(44)59-55/h10-11,13-14,16-17,20-21,28,31-32,34-35,38,47-48,58,65-68H,9,12,15,18-19,22-27,29-30H2,1-8H3/b13-11+,28-10+,33-14-,57-46?/t32?,34-,35+,38+,47-,48?,54-/m0/s1. The number of piperidine rings is 1. The summed E-state index contributed by atoms with van der Waals surface area (Å²) < 4.78 is 18.5. The van der Waals surface area contributed by atoms with Gasteiger partial charge in [-0.3, -0.25) is 29.2 Å². The van der Waals surface area contributed by atoms with Crippen LogP contribution in [-0.2, 0) is 23.9 Å². The Morgan fingerprint density at radius 1 is 0.932 bits per heavy atom. The first-order valence-electron chi connectivity index (χ1n) is 25.7. The minimum absolute atomic E-state index is 0.0549. The lowest BCUT2D eigenvalue weighted by Crippen LogP contribution is -2.47. The van der Waals surface area contributed by atoms with E-state index in [-0.39, 0.29) is 68.4 Å². The summed E-state index contributed by atoms with van der Waals surface area (Å²) >= 11 is 0. The molecule has 2 saturated heterocycles. The Morgan fingerprint density at radius 3 is 2.37 bits per heavy atom. The van der Waals surface area contributed by atoms with E-state index in [1.807, 2.05) is 12.1 Å². The van der Waals surface area contributed by atoms with Crippen LogP contribution in [0.25, 0.3) is 10.8 Å². The first kappa shape index (κ1) is 52.9. The van der Waals surface area contributed by atoms with Gasteiger partial charge in [0.1, 0.15) is 40.4 Å². The number of amides is 2. The van der Waals surface area contributed by atoms with Crippen molar-refractivity contribution >= 4 is 45.7 Å². The maximum atomic E-state index is 14.8. The van der Waals surface area contributed by atoms with E-state index in [0.29, 0.717) is 63.6 Å². The molecule has 1 spiro atoms. The number of nitrogens with zero attached hydrogens (tertiary/aromatic N) is 6. The topological polar surface area (TPSA) is 236 Å². The fraction of sp³-hybridized carbons (Fsp3) is 0.545. The number of phenolic OH excluding ortho intramolecular Hbond substituents is 2. The van der Waals surface area contributed by atoms with Crippen molar-refractivity contribution < 1.29 is 53.8 Å². The summed E-state index contributed by atoms with van der Waals surface area (Å²) in [4.78, 5) is 75.9. The second-order valence-electron chi connectivity index (χ2n) is 21.1. The molecule has 2 unspecified atom stereocenters. The molecule has 2 aromatic carbocycles. The number of pyridine rings is 1. The number of phenols is 2. The summed E-state index contributed by atoms with van der Waals surface area (Å²) in [7, 11) is 0. The number of aromatic nitrogens is 1. The second-order valence-corrected chi connectivity index (χ2v) is 21.1. The quantitative estimate of drug-likeness (QED) is 0.118. The molecule has 5 bridgehead atoms. The number of esters is 1. The van der Waals surface area contributed by atoms with Crippen LogP contribution < -0.4 is 25.7 Å². The lowest BCUT2D eigenvalue weighted by Gasteiger charge is -2.38. The van der Waals surface area contributed by atoms with E-state index in [4.69, 9.17) is 19.2 Å². The number of nitrogens with one attached hydrogen (secondary N) is 1. The van der Waals surface area contributed by atoms with E-state index in [9.17, 15) is 39.6 Å². The zero-order valence-electron chi connectivity index (χ0n) is 43.3. The normalized spacial score (nSPS) is 28.6. The predicted octanol–water partition coefficient (Wildman–Crippen LogP) is 5.38. The molecular formula is C55H71N7O11. The van der Waals surface area contributed by atoms with Gasteiger partial charge in [-0.05, 0) is 57.2 Å². The Bertz CT molecular complexity index is 2840. The number of aliphatic hydroxyl groups is 2. The lowest BCUT2D eigenvalue weighted by atomic mass is 9.81. The van der Waals surface area contributed by atoms with E-state index < -0.39 is 77.3 Å². The first-order chi connectivity index (χ1) is 34.7. The Kier molecular flexibility index (Phi) is 15.7. The fourth-order valence-electron chi connectivity index (χ4n) is 10.8. The molecule has 392 valence electrons. The number of benzene rings is 2. The highest BCUT2D eigenvalue weighted by molar-refractivity contribution is 6.21. The van der Waals surface area contributed by atoms with Crippen molar-refractivity contribution in [2.45, 2.75) is 124 Å². The van der Waals surface area contributed by atoms with Crippen LogP contribution in [0.2, 0.25) is 0 Å². The van der Waals surface area contributed by atoms with Crippen molar-refractivity contribution in [1.29, 1.82) is 0 Å². The maximum absolute atomic E-state index is 14.8. The molecule has 1 aromatic heterocycles. The highest BCUT2D eigenvalue weighted by Gasteiger charge is 2.50. The predicted molar refractivity (Wildman–Crippen MR) is 274 cm³/mol. The van der Waals surface area contributed by atoms with E-state index in [0.717, 1.165) is 18.8 Å². The third-order valence-corrected chi connectivity index (χ3v) is 15.3. The average Bonchev–Trinajstić information content (AvgIpc) is 3.72. The third kappa shape index (κ3) is 10.8. The minimum atomic E-state index is -1.94. The molecule has 9 rings (SSSR count). The Balaban J connectivity index is 1.11. The zero-order valence-corrected chi connectivity index (χ0v) is 43.3. The molecule has 6 aliphatic rings. The number of likely N-dealkylation sites (tertiary alicyclic amines) is 1. The second kappa shape index (κ2) is 21.6. The van der Waals surface area contributed by atoms with Gasteiger partial charge in [-0.2, -0.15) is 0 Å². The number of ketones is 1. The molecule has 18 heteroatoms. The molecule has 5 N–H and O–H groups in total. The van der Waals surface area contributed by atoms with E-state index in [1.165, 1.54) is 19.3 Å². The number of Topliss-reactive ketones (excluding diaryl/α,β-unsaturated/α-hetero) is 1. The molecule has 7 atom stereocenters. The zero-order chi connectivity index (χ0) is 52.5. The van der Waals surface area contributed by atoms with Gasteiger partial charge in [0.25, 0.3) is 11.7 Å². The first-order valence-corrected chi connectivity index (χ1v) is 25.7. The highest BCUT2D eigenvalue weighted by atomic mass is 16.7. The summed E-state index contributed by atoms with van der Waals surface area (Å²) in [6.07, 6.45) is 9.86. The van der Waals surface area contributed by atoms with Crippen LogP contribution in [-0.4, -0.2) is 134 Å². The van der Waals surface area contributed by atoms with E-state index >= 15 is 0 Å². The van der Waals surface area contributed by atoms with Crippen molar-refractivity contribution in [1.82, 2.24) is 14.8 Å². The minimum Gasteiger partial charge on any atom is -0.507 e. The van der Waals surface area contributed by atoms with Gasteiger partial charge in [-0.1, -0.05) is 52.8 Å². The van der Waals surface area contributed by atoms with Crippen LogP contribution in [0.1, 0.15) is 103 Å². The Hall–Kier alpha value is -6.37. The molecule has 0 saturated carbocycles. The molecule has 2 amide bonds. The van der Waals surface area contributed by atoms with Crippen LogP contribution in [0.15, 0.2) is 70.7 Å². The van der Waals surface area contributed by atoms with E-state index in [1.54, 1.807) is 70.1 Å². The lowest BCUT2D eigenvalue weighted by molar-refractivity contribution is -0.159. The summed E-state index contributed by atoms with van der Waals surface area (Å²) in [6.45, 7) is 18.7. The number of carbonyl (C=O) groups excluding carboxylic acids is 4. The number of fused-ring (bicyclic) bond motifs is 13. The number of carbonyl (C=O) groups is 4. The smallest absolute Gasteiger partial charge is 0.315 e. The van der Waals surface area contributed by atoms with Gasteiger partial charge in [0.2, 0.25) is 5.91 Å². The van der Waals surface area contributed by atoms with Crippen molar-refractivity contribution in [2.24, 2.45) is 33.7 Å². The maximum Gasteiger partial charge on any atom is 0.315 e. The van der Waals surface area contributed by atoms with Crippen LogP contribution in [0.3, 0.4) is 0 Å². The Labute approximate surface area is 426 Å². The SMILES string of the molecule is C/C1=C/C=C/C(C)[C@H](O)[C@@H](C)C(O)[C@@H](C)[C@H](OC(=O)CC(=O)N2CCCN(c3ccncc3)CC2)CC/C=C/O[C@@]2(C)Oc3c(C)c(O)c4c(O)c(c5c(c4c3C2=O)NC2(CCN(CC(C)C)CC2)N=5)=NC1=O. The number of allylic oxidation sites excluding steroid dienone is 3. The molecule has 7 heterocycles. The average molecular weight is 1010 g/mol. The molecule has 0 radical (unpaired) electrons. The van der Waals surface area contributed by atoms with E-state index in [2.05, 4.69) is 38.9 Å². The van der Waals surface area contributed by atoms with Gasteiger partial charge < -0.3 is 54.7 Å². The molecule has 73 heavy (non-hydrogen) atoms. The van der Waals surface area contributed by atoms with Crippen LogP contribution in [0.4, 0.5) is 11.4 Å². The number of hydrogen-bond donors (Lipinski definition) is 5. The van der Waals surface area contributed by atoms with Gasteiger partial charge in [0.05, 0.1) is 35.1 Å². The van der Waals surface area contributed by atoms with Crippen LogP contribution >= 0.6 is 0 Å². The molecule has 3 aromatic rings. The molecular weight excluding hydrogens is 935 g/mol. The number of aromatic hydroxyl groups is 2. The molecule has 2 fully saturated rings. The molecule has 18 nitrogen and oxygen atoms in total. The fourth-order valence-corrected chi connectivity index (χ4v) is 10.8. The number of hydrogen-bond acceptors (Lipinski definition) is 16. The number of anilines is 2. The van der Waals surface area contributed by atoms with Gasteiger partial charge in [-0.25, -0.2) is 4.99 Å².